The number of amides is 1. The van der Waals surface area contributed by atoms with Gasteiger partial charge in [0.05, 0.1) is 4.90 Å². The third-order valence-electron chi connectivity index (χ3n) is 6.85. The highest BCUT2D eigenvalue weighted by Crippen LogP contribution is 2.25. The van der Waals surface area contributed by atoms with E-state index in [1.54, 1.807) is 12.1 Å². The Morgan fingerprint density at radius 2 is 1.73 bits per heavy atom. The van der Waals surface area contributed by atoms with Crippen LogP contribution >= 0.6 is 0 Å². The number of rotatable bonds is 6. The maximum absolute atomic E-state index is 12.7. The van der Waals surface area contributed by atoms with Crippen LogP contribution in [-0.4, -0.2) is 56.3 Å². The molecule has 1 amide bonds. The van der Waals surface area contributed by atoms with Crippen LogP contribution in [0.1, 0.15) is 50.3 Å². The quantitative estimate of drug-likeness (QED) is 0.705. The number of hydrogen-bond acceptors (Lipinski definition) is 4. The Morgan fingerprint density at radius 1 is 1.03 bits per heavy atom. The van der Waals surface area contributed by atoms with Crippen LogP contribution in [0.15, 0.2) is 53.4 Å². The smallest absolute Gasteiger partial charge is 0.240 e. The second-order valence-corrected chi connectivity index (χ2v) is 12.0. The van der Waals surface area contributed by atoms with E-state index in [2.05, 4.69) is 54.7 Å². The molecule has 0 aromatic heterocycles. The van der Waals surface area contributed by atoms with Gasteiger partial charge in [0.2, 0.25) is 15.9 Å². The van der Waals surface area contributed by atoms with Crippen molar-refractivity contribution in [2.75, 3.05) is 26.2 Å². The molecule has 2 aromatic carbocycles. The number of sulfonamides is 1. The summed E-state index contributed by atoms with van der Waals surface area (Å²) in [5, 5.41) is 0. The minimum atomic E-state index is -3.63. The van der Waals surface area contributed by atoms with Crippen molar-refractivity contribution in [1.29, 1.82) is 0 Å². The van der Waals surface area contributed by atoms with Crippen molar-refractivity contribution in [1.82, 2.24) is 14.5 Å². The average molecular weight is 470 g/mol. The summed E-state index contributed by atoms with van der Waals surface area (Å²) in [5.41, 5.74) is 3.86. The van der Waals surface area contributed by atoms with Crippen LogP contribution < -0.4 is 4.72 Å². The summed E-state index contributed by atoms with van der Waals surface area (Å²) in [6, 6.07) is 15.9. The molecule has 0 spiro atoms. The number of carbonyl (C=O) groups is 1. The van der Waals surface area contributed by atoms with Crippen molar-refractivity contribution < 1.29 is 13.2 Å². The van der Waals surface area contributed by atoms with Crippen LogP contribution in [0.5, 0.6) is 0 Å². The molecule has 0 bridgehead atoms. The molecule has 2 aliphatic rings. The van der Waals surface area contributed by atoms with E-state index in [0.717, 1.165) is 44.6 Å². The highest BCUT2D eigenvalue weighted by atomic mass is 32.2. The number of benzene rings is 2. The number of nitrogens with one attached hydrogen (secondary N) is 1. The Kier molecular flexibility index (Phi) is 6.93. The van der Waals surface area contributed by atoms with E-state index in [4.69, 9.17) is 0 Å². The molecule has 1 saturated heterocycles. The topological polar surface area (TPSA) is 69.7 Å². The number of fused-ring (bicyclic) bond motifs is 1. The number of nitrogens with zero attached hydrogens (tertiary/aromatic N) is 2. The van der Waals surface area contributed by atoms with Crippen molar-refractivity contribution in [3.8, 4) is 0 Å². The summed E-state index contributed by atoms with van der Waals surface area (Å²) in [4.78, 5) is 17.3. The zero-order valence-corrected chi connectivity index (χ0v) is 20.7. The van der Waals surface area contributed by atoms with E-state index < -0.39 is 10.0 Å². The molecule has 2 aromatic rings. The largest absolute Gasteiger partial charge is 0.341 e. The second kappa shape index (κ2) is 9.57. The minimum Gasteiger partial charge on any atom is -0.341 e. The molecule has 0 radical (unpaired) electrons. The first-order valence-electron chi connectivity index (χ1n) is 11.8. The molecular formula is C26H35N3O3S. The van der Waals surface area contributed by atoms with Gasteiger partial charge in [0, 0.05) is 45.2 Å². The molecule has 2 aliphatic heterocycles. The normalized spacial score (nSPS) is 19.5. The van der Waals surface area contributed by atoms with Gasteiger partial charge in [-0.05, 0) is 47.1 Å². The predicted molar refractivity (Wildman–Crippen MR) is 130 cm³/mol. The Balaban J connectivity index is 1.26. The summed E-state index contributed by atoms with van der Waals surface area (Å²) < 4.78 is 27.8. The second-order valence-electron chi connectivity index (χ2n) is 10.2. The molecule has 1 fully saturated rings. The van der Waals surface area contributed by atoms with E-state index in [-0.39, 0.29) is 29.2 Å². The summed E-state index contributed by atoms with van der Waals surface area (Å²) in [6.45, 7) is 9.81. The maximum Gasteiger partial charge on any atom is 0.240 e. The lowest BCUT2D eigenvalue weighted by molar-refractivity contribution is -0.130. The number of likely N-dealkylation sites (tertiary alicyclic amines) is 1. The molecule has 1 unspecified atom stereocenters. The Labute approximate surface area is 198 Å². The van der Waals surface area contributed by atoms with E-state index in [0.29, 0.717) is 6.04 Å². The zero-order chi connectivity index (χ0) is 23.6. The fourth-order valence-corrected chi connectivity index (χ4v) is 5.80. The molecule has 1 N–H and O–H groups in total. The van der Waals surface area contributed by atoms with Gasteiger partial charge >= 0.3 is 0 Å². The van der Waals surface area contributed by atoms with Gasteiger partial charge in [0.15, 0.2) is 0 Å². The molecule has 2 heterocycles. The van der Waals surface area contributed by atoms with Gasteiger partial charge in [0.1, 0.15) is 0 Å². The third kappa shape index (κ3) is 5.65. The first-order chi connectivity index (χ1) is 15.6. The van der Waals surface area contributed by atoms with Crippen LogP contribution in [0.2, 0.25) is 0 Å². The maximum atomic E-state index is 12.7. The summed E-state index contributed by atoms with van der Waals surface area (Å²) in [6.07, 6.45) is 2.20. The first kappa shape index (κ1) is 23.9. The third-order valence-corrected chi connectivity index (χ3v) is 8.33. The van der Waals surface area contributed by atoms with Crippen LogP contribution in [0.25, 0.3) is 0 Å². The van der Waals surface area contributed by atoms with E-state index in [1.807, 2.05) is 17.0 Å². The van der Waals surface area contributed by atoms with Gasteiger partial charge in [-0.25, -0.2) is 13.1 Å². The Morgan fingerprint density at radius 3 is 2.42 bits per heavy atom. The van der Waals surface area contributed by atoms with Gasteiger partial charge in [-0.15, -0.1) is 0 Å². The van der Waals surface area contributed by atoms with E-state index >= 15 is 0 Å². The van der Waals surface area contributed by atoms with Crippen molar-refractivity contribution in [3.63, 3.8) is 0 Å². The lowest BCUT2D eigenvalue weighted by Crippen LogP contribution is -2.42. The monoisotopic (exact) mass is 469 g/mol. The van der Waals surface area contributed by atoms with Gasteiger partial charge in [0.25, 0.3) is 0 Å². The van der Waals surface area contributed by atoms with Gasteiger partial charge < -0.3 is 4.90 Å². The zero-order valence-electron chi connectivity index (χ0n) is 19.9. The number of hydrogen-bond donors (Lipinski definition) is 1. The summed E-state index contributed by atoms with van der Waals surface area (Å²) in [7, 11) is -3.63. The minimum absolute atomic E-state index is 0.0145. The highest BCUT2D eigenvalue weighted by Gasteiger charge is 2.32. The van der Waals surface area contributed by atoms with Gasteiger partial charge in [-0.3, -0.25) is 9.69 Å². The fourth-order valence-electron chi connectivity index (χ4n) is 4.76. The lowest BCUT2D eigenvalue weighted by Gasteiger charge is -2.33. The van der Waals surface area contributed by atoms with Crippen molar-refractivity contribution >= 4 is 15.9 Å². The molecule has 178 valence electrons. The molecule has 1 atom stereocenters. The molecule has 7 heteroatoms. The van der Waals surface area contributed by atoms with Crippen LogP contribution in [-0.2, 0) is 33.2 Å². The van der Waals surface area contributed by atoms with E-state index in [1.165, 1.54) is 11.1 Å². The fraction of sp³-hybridized carbons (Fsp3) is 0.500. The van der Waals surface area contributed by atoms with Crippen LogP contribution in [0.3, 0.4) is 0 Å². The molecule has 6 nitrogen and oxygen atoms in total. The van der Waals surface area contributed by atoms with Crippen molar-refractivity contribution in [2.24, 2.45) is 0 Å². The molecule has 0 saturated carbocycles. The average Bonchev–Trinajstić information content (AvgIpc) is 3.29. The molecule has 4 rings (SSSR count). The van der Waals surface area contributed by atoms with Gasteiger partial charge in [-0.2, -0.15) is 0 Å². The van der Waals surface area contributed by atoms with E-state index in [9.17, 15) is 13.2 Å². The SMILES string of the molecule is CC(C)(C)c1ccc(S(=O)(=O)NCCC(=O)N2CCC(N3CCc4ccccc4C3)C2)cc1. The van der Waals surface area contributed by atoms with Crippen LogP contribution in [0.4, 0.5) is 0 Å². The lowest BCUT2D eigenvalue weighted by atomic mass is 9.87. The Hall–Kier alpha value is -2.22. The predicted octanol–water partition coefficient (Wildman–Crippen LogP) is 3.31. The standard InChI is InChI=1S/C26H35N3O3S/c1-26(2,3)22-8-10-24(11-9-22)33(31,32)27-15-12-25(30)29-17-14-23(19-29)28-16-13-20-6-4-5-7-21(20)18-28/h4-11,23,27H,12-19H2,1-3H3. The molecule has 33 heavy (non-hydrogen) atoms. The highest BCUT2D eigenvalue weighted by molar-refractivity contribution is 7.89. The van der Waals surface area contributed by atoms with Crippen molar-refractivity contribution in [2.45, 2.75) is 62.9 Å². The first-order valence-corrected chi connectivity index (χ1v) is 13.3. The number of carbonyl (C=O) groups excluding carboxylic acids is 1. The summed E-state index contributed by atoms with van der Waals surface area (Å²) >= 11 is 0. The molecule has 0 aliphatic carbocycles. The Bertz CT molecular complexity index is 1090. The van der Waals surface area contributed by atoms with Gasteiger partial charge in [-0.1, -0.05) is 57.2 Å². The van der Waals surface area contributed by atoms with Crippen molar-refractivity contribution in [3.05, 3.63) is 65.2 Å². The van der Waals surface area contributed by atoms with Crippen LogP contribution in [0, 0.1) is 0 Å². The molecular weight excluding hydrogens is 434 g/mol. The summed E-state index contributed by atoms with van der Waals surface area (Å²) in [5.74, 6) is 0.0145.